The molecule has 0 spiro atoms. The van der Waals surface area contributed by atoms with Gasteiger partial charge >= 0.3 is 0 Å². The fourth-order valence-electron chi connectivity index (χ4n) is 3.12. The van der Waals surface area contributed by atoms with E-state index in [2.05, 4.69) is 31.0 Å². The van der Waals surface area contributed by atoms with Crippen molar-refractivity contribution in [3.63, 3.8) is 0 Å². The first-order chi connectivity index (χ1) is 8.63. The van der Waals surface area contributed by atoms with Gasteiger partial charge in [0.25, 0.3) is 0 Å². The molecular formula is C15H26Cl2N2O. The predicted octanol–water partition coefficient (Wildman–Crippen LogP) is 3.21. The van der Waals surface area contributed by atoms with Gasteiger partial charge in [-0.15, -0.1) is 24.8 Å². The number of benzene rings is 1. The highest BCUT2D eigenvalue weighted by molar-refractivity contribution is 5.85. The summed E-state index contributed by atoms with van der Waals surface area (Å²) < 4.78 is 0. The molecule has 116 valence electrons. The Labute approximate surface area is 134 Å². The van der Waals surface area contributed by atoms with Gasteiger partial charge in [0.15, 0.2) is 0 Å². The van der Waals surface area contributed by atoms with Crippen molar-refractivity contribution < 1.29 is 5.11 Å². The Morgan fingerprint density at radius 1 is 1.15 bits per heavy atom. The summed E-state index contributed by atoms with van der Waals surface area (Å²) in [7, 11) is 0. The maximum atomic E-state index is 9.66. The van der Waals surface area contributed by atoms with Gasteiger partial charge in [-0.25, -0.2) is 0 Å². The summed E-state index contributed by atoms with van der Waals surface area (Å²) in [5.74, 6) is 0.379. The number of phenols is 1. The van der Waals surface area contributed by atoms with Crippen LogP contribution < -0.4 is 5.32 Å². The Balaban J connectivity index is 0.00000180. The number of piperazine rings is 1. The molecular weight excluding hydrogens is 295 g/mol. The molecule has 0 aromatic heterocycles. The molecule has 1 aromatic rings. The van der Waals surface area contributed by atoms with Crippen molar-refractivity contribution in [2.24, 2.45) is 0 Å². The summed E-state index contributed by atoms with van der Waals surface area (Å²) in [4.78, 5) is 2.56. The van der Waals surface area contributed by atoms with Crippen molar-refractivity contribution in [1.29, 1.82) is 0 Å². The molecule has 0 radical (unpaired) electrons. The number of nitrogens with one attached hydrogen (secondary N) is 1. The number of nitrogens with zero attached hydrogens (tertiary/aromatic N) is 1. The van der Waals surface area contributed by atoms with E-state index < -0.39 is 0 Å². The Morgan fingerprint density at radius 3 is 2.10 bits per heavy atom. The quantitative estimate of drug-likeness (QED) is 0.897. The number of hydrogen-bond donors (Lipinski definition) is 2. The van der Waals surface area contributed by atoms with E-state index in [-0.39, 0.29) is 24.8 Å². The minimum atomic E-state index is 0. The number of halogens is 2. The van der Waals surface area contributed by atoms with E-state index in [0.717, 1.165) is 32.6 Å². The first-order valence-electron chi connectivity index (χ1n) is 6.88. The van der Waals surface area contributed by atoms with Gasteiger partial charge in [-0.2, -0.15) is 0 Å². The molecule has 2 N–H and O–H groups in total. The van der Waals surface area contributed by atoms with Crippen LogP contribution in [0.1, 0.15) is 36.1 Å². The third-order valence-electron chi connectivity index (χ3n) is 3.89. The lowest BCUT2D eigenvalue weighted by Gasteiger charge is -2.36. The molecule has 0 unspecified atom stereocenters. The smallest absolute Gasteiger partial charge is 0.116 e. The predicted molar refractivity (Wildman–Crippen MR) is 89.6 cm³/mol. The topological polar surface area (TPSA) is 35.5 Å². The highest BCUT2D eigenvalue weighted by Gasteiger charge is 2.23. The van der Waals surface area contributed by atoms with Crippen LogP contribution in [0.25, 0.3) is 0 Å². The fraction of sp³-hybridized carbons (Fsp3) is 0.600. The molecule has 20 heavy (non-hydrogen) atoms. The van der Waals surface area contributed by atoms with E-state index in [9.17, 15) is 5.11 Å². The van der Waals surface area contributed by atoms with Crippen LogP contribution in [-0.4, -0.2) is 36.2 Å². The summed E-state index contributed by atoms with van der Waals surface area (Å²) >= 11 is 0. The second kappa shape index (κ2) is 8.73. The summed E-state index contributed by atoms with van der Waals surface area (Å²) in [5.41, 5.74) is 3.81. The minimum Gasteiger partial charge on any atom is -0.508 e. The average Bonchev–Trinajstić information content (AvgIpc) is 2.34. The van der Waals surface area contributed by atoms with Crippen LogP contribution in [0.4, 0.5) is 0 Å². The monoisotopic (exact) mass is 320 g/mol. The number of rotatable bonds is 3. The molecule has 3 nitrogen and oxygen atoms in total. The van der Waals surface area contributed by atoms with Crippen LogP contribution >= 0.6 is 24.8 Å². The van der Waals surface area contributed by atoms with Gasteiger partial charge in [0, 0.05) is 32.2 Å². The van der Waals surface area contributed by atoms with Crippen LogP contribution in [-0.2, 0) is 0 Å². The van der Waals surface area contributed by atoms with E-state index in [1.54, 1.807) is 0 Å². The van der Waals surface area contributed by atoms with Gasteiger partial charge in [-0.05, 0) is 49.1 Å². The molecule has 1 heterocycles. The summed E-state index contributed by atoms with van der Waals surface area (Å²) in [6.07, 6.45) is 1.12. The molecule has 1 aliphatic rings. The van der Waals surface area contributed by atoms with E-state index in [1.165, 1.54) is 16.7 Å². The third kappa shape index (κ3) is 4.26. The molecule has 5 heteroatoms. The number of phenolic OH excluding ortho intramolecular Hbond substituents is 1. The number of hydrogen-bond acceptors (Lipinski definition) is 3. The standard InChI is InChI=1S/C15H24N2O.2ClH/c1-4-14(17-7-5-16-6-8-17)15-11(2)9-13(18)10-12(15)3;;/h9-10,14,16,18H,4-8H2,1-3H3;2*1H/t14-;;/m1../s1. The maximum absolute atomic E-state index is 9.66. The van der Waals surface area contributed by atoms with E-state index in [4.69, 9.17) is 0 Å². The highest BCUT2D eigenvalue weighted by Crippen LogP contribution is 2.32. The lowest BCUT2D eigenvalue weighted by atomic mass is 9.92. The first kappa shape index (κ1) is 19.5. The van der Waals surface area contributed by atoms with Gasteiger partial charge in [-0.1, -0.05) is 6.92 Å². The molecule has 1 aliphatic heterocycles. The minimum absolute atomic E-state index is 0. The van der Waals surface area contributed by atoms with Crippen molar-refractivity contribution in [3.05, 3.63) is 28.8 Å². The van der Waals surface area contributed by atoms with Crippen molar-refractivity contribution in [2.45, 2.75) is 33.2 Å². The summed E-state index contributed by atoms with van der Waals surface area (Å²) in [6, 6.07) is 4.24. The zero-order valence-corrected chi connectivity index (χ0v) is 14.1. The fourth-order valence-corrected chi connectivity index (χ4v) is 3.12. The zero-order valence-electron chi connectivity index (χ0n) is 12.5. The van der Waals surface area contributed by atoms with Gasteiger partial charge in [0.2, 0.25) is 0 Å². The normalized spacial score (nSPS) is 16.9. The largest absolute Gasteiger partial charge is 0.508 e. The lowest BCUT2D eigenvalue weighted by Crippen LogP contribution is -2.45. The third-order valence-corrected chi connectivity index (χ3v) is 3.89. The van der Waals surface area contributed by atoms with Gasteiger partial charge in [-0.3, -0.25) is 4.90 Å². The van der Waals surface area contributed by atoms with Crippen molar-refractivity contribution in [2.75, 3.05) is 26.2 Å². The molecule has 1 fully saturated rings. The molecule has 1 atom stereocenters. The second-order valence-electron chi connectivity index (χ2n) is 5.20. The Kier molecular flexibility index (Phi) is 8.52. The van der Waals surface area contributed by atoms with Gasteiger partial charge in [0.1, 0.15) is 5.75 Å². The molecule has 1 saturated heterocycles. The number of aromatic hydroxyl groups is 1. The maximum Gasteiger partial charge on any atom is 0.116 e. The zero-order chi connectivity index (χ0) is 13.1. The van der Waals surface area contributed by atoms with Crippen molar-refractivity contribution in [1.82, 2.24) is 10.2 Å². The second-order valence-corrected chi connectivity index (χ2v) is 5.20. The van der Waals surface area contributed by atoms with Crippen molar-refractivity contribution >= 4 is 24.8 Å². The Hall–Kier alpha value is -0.480. The van der Waals surface area contributed by atoms with Crippen LogP contribution in [0.15, 0.2) is 12.1 Å². The molecule has 2 rings (SSSR count). The van der Waals surface area contributed by atoms with Crippen LogP contribution in [0.3, 0.4) is 0 Å². The summed E-state index contributed by atoms with van der Waals surface area (Å²) in [5, 5.41) is 13.1. The number of aryl methyl sites for hydroxylation is 2. The molecule has 0 saturated carbocycles. The summed E-state index contributed by atoms with van der Waals surface area (Å²) in [6.45, 7) is 10.8. The SMILES string of the molecule is CC[C@H](c1c(C)cc(O)cc1C)N1CCNCC1.Cl.Cl. The van der Waals surface area contributed by atoms with E-state index in [0.29, 0.717) is 11.8 Å². The van der Waals surface area contributed by atoms with Crippen LogP contribution in [0.5, 0.6) is 5.75 Å². The lowest BCUT2D eigenvalue weighted by molar-refractivity contribution is 0.168. The Morgan fingerprint density at radius 2 is 1.65 bits per heavy atom. The average molecular weight is 321 g/mol. The molecule has 1 aromatic carbocycles. The van der Waals surface area contributed by atoms with Crippen molar-refractivity contribution in [3.8, 4) is 5.75 Å². The highest BCUT2D eigenvalue weighted by atomic mass is 35.5. The van der Waals surface area contributed by atoms with Crippen LogP contribution in [0, 0.1) is 13.8 Å². The van der Waals surface area contributed by atoms with Crippen LogP contribution in [0.2, 0.25) is 0 Å². The molecule has 0 bridgehead atoms. The Bertz CT molecular complexity index is 397. The van der Waals surface area contributed by atoms with E-state index >= 15 is 0 Å². The first-order valence-corrected chi connectivity index (χ1v) is 6.88. The molecule has 0 aliphatic carbocycles. The molecule has 0 amide bonds. The van der Waals surface area contributed by atoms with E-state index in [1.807, 2.05) is 12.1 Å². The van der Waals surface area contributed by atoms with Gasteiger partial charge < -0.3 is 10.4 Å². The van der Waals surface area contributed by atoms with Gasteiger partial charge in [0.05, 0.1) is 0 Å².